The summed E-state index contributed by atoms with van der Waals surface area (Å²) < 4.78 is 18.6. The maximum atomic E-state index is 13.3. The second-order valence-electron chi connectivity index (χ2n) is 5.59. The second kappa shape index (κ2) is 5.79. The largest absolute Gasteiger partial charge is 0.481 e. The lowest BCUT2D eigenvalue weighted by Gasteiger charge is -2.29. The minimum atomic E-state index is -0.444. The molecule has 0 radical (unpaired) electrons. The minimum Gasteiger partial charge on any atom is -0.481 e. The first-order valence-corrected chi connectivity index (χ1v) is 7.13. The average Bonchev–Trinajstić information content (AvgIpc) is 2.77. The van der Waals surface area contributed by atoms with Crippen molar-refractivity contribution >= 4 is 5.91 Å². The number of nitrogens with one attached hydrogen (secondary N) is 2. The molecule has 2 N–H and O–H groups in total. The summed E-state index contributed by atoms with van der Waals surface area (Å²) in [5.74, 6) is -0.507. The summed E-state index contributed by atoms with van der Waals surface area (Å²) >= 11 is 0. The number of rotatable bonds is 4. The van der Waals surface area contributed by atoms with Crippen LogP contribution in [0.15, 0.2) is 24.3 Å². The fourth-order valence-electron chi connectivity index (χ4n) is 3.15. The van der Waals surface area contributed by atoms with Gasteiger partial charge in [0.25, 0.3) is 5.91 Å². The number of fused-ring (bicyclic) bond motifs is 2. The molecule has 3 rings (SSSR count). The summed E-state index contributed by atoms with van der Waals surface area (Å²) in [7, 11) is 0. The van der Waals surface area contributed by atoms with Crippen LogP contribution in [0, 0.1) is 5.82 Å². The van der Waals surface area contributed by atoms with Crippen LogP contribution in [0.1, 0.15) is 25.7 Å². The smallest absolute Gasteiger partial charge is 0.258 e. The molecule has 0 saturated carbocycles. The highest BCUT2D eigenvalue weighted by atomic mass is 19.1. The Labute approximate surface area is 117 Å². The van der Waals surface area contributed by atoms with Crippen molar-refractivity contribution in [2.75, 3.05) is 6.61 Å². The van der Waals surface area contributed by atoms with Gasteiger partial charge in [0.05, 0.1) is 0 Å². The molecular formula is C15H19FN2O2. The molecule has 2 fully saturated rings. The molecule has 2 unspecified atom stereocenters. The quantitative estimate of drug-likeness (QED) is 0.879. The third-order valence-electron chi connectivity index (χ3n) is 4.03. The van der Waals surface area contributed by atoms with Gasteiger partial charge in [-0.2, -0.15) is 0 Å². The zero-order chi connectivity index (χ0) is 13.9. The predicted octanol–water partition coefficient (Wildman–Crippen LogP) is 1.60. The van der Waals surface area contributed by atoms with Crippen LogP contribution in [0.25, 0.3) is 0 Å². The number of ether oxygens (including phenoxy) is 1. The molecule has 2 aliphatic heterocycles. The molecule has 0 spiro atoms. The van der Waals surface area contributed by atoms with Gasteiger partial charge in [-0.1, -0.05) is 12.1 Å². The van der Waals surface area contributed by atoms with Crippen LogP contribution in [-0.4, -0.2) is 30.6 Å². The monoisotopic (exact) mass is 278 g/mol. The first-order chi connectivity index (χ1) is 9.70. The molecule has 0 aromatic heterocycles. The summed E-state index contributed by atoms with van der Waals surface area (Å²) in [4.78, 5) is 11.9. The lowest BCUT2D eigenvalue weighted by Crippen LogP contribution is -2.48. The Balaban J connectivity index is 1.47. The van der Waals surface area contributed by atoms with Gasteiger partial charge in [0.1, 0.15) is 0 Å². The van der Waals surface area contributed by atoms with E-state index in [1.54, 1.807) is 12.1 Å². The number of halogens is 1. The van der Waals surface area contributed by atoms with Crippen LogP contribution < -0.4 is 15.4 Å². The molecule has 2 atom stereocenters. The third kappa shape index (κ3) is 3.10. The van der Waals surface area contributed by atoms with Crippen LogP contribution in [0.5, 0.6) is 5.75 Å². The van der Waals surface area contributed by atoms with Gasteiger partial charge in [0, 0.05) is 18.1 Å². The summed E-state index contributed by atoms with van der Waals surface area (Å²) in [6.07, 6.45) is 4.34. The highest BCUT2D eigenvalue weighted by Gasteiger charge is 2.33. The molecular weight excluding hydrogens is 259 g/mol. The standard InChI is InChI=1S/C15H19FN2O2/c16-13-3-1-2-4-14(13)20-9-15(19)18-12-7-10-5-6-11(8-12)17-10/h1-4,10-12,17H,5-9H2,(H,18,19). The van der Waals surface area contributed by atoms with Crippen LogP contribution >= 0.6 is 0 Å². The van der Waals surface area contributed by atoms with E-state index in [0.717, 1.165) is 12.8 Å². The fourth-order valence-corrected chi connectivity index (χ4v) is 3.15. The normalized spacial score (nSPS) is 28.1. The lowest BCUT2D eigenvalue weighted by atomic mass is 10.00. The number of para-hydroxylation sites is 1. The van der Waals surface area contributed by atoms with Gasteiger partial charge < -0.3 is 15.4 Å². The molecule has 108 valence electrons. The summed E-state index contributed by atoms with van der Waals surface area (Å²) in [6, 6.07) is 7.39. The van der Waals surface area contributed by atoms with Gasteiger partial charge in [-0.25, -0.2) is 4.39 Å². The number of hydrogen-bond donors (Lipinski definition) is 2. The molecule has 1 aromatic carbocycles. The van der Waals surface area contributed by atoms with Gasteiger partial charge in [-0.15, -0.1) is 0 Å². The number of amides is 1. The molecule has 0 aliphatic carbocycles. The van der Waals surface area contributed by atoms with E-state index in [0.29, 0.717) is 12.1 Å². The van der Waals surface area contributed by atoms with E-state index in [9.17, 15) is 9.18 Å². The van der Waals surface area contributed by atoms with Crippen molar-refractivity contribution in [3.63, 3.8) is 0 Å². The van der Waals surface area contributed by atoms with Crippen molar-refractivity contribution in [3.8, 4) is 5.75 Å². The molecule has 5 heteroatoms. The Hall–Kier alpha value is -1.62. The van der Waals surface area contributed by atoms with Gasteiger partial charge in [0.2, 0.25) is 0 Å². The molecule has 2 heterocycles. The maximum absolute atomic E-state index is 13.3. The highest BCUT2D eigenvalue weighted by Crippen LogP contribution is 2.26. The van der Waals surface area contributed by atoms with Crippen molar-refractivity contribution in [1.82, 2.24) is 10.6 Å². The molecule has 20 heavy (non-hydrogen) atoms. The van der Waals surface area contributed by atoms with Crippen molar-refractivity contribution in [2.24, 2.45) is 0 Å². The van der Waals surface area contributed by atoms with Gasteiger partial charge >= 0.3 is 0 Å². The summed E-state index contributed by atoms with van der Waals surface area (Å²) in [6.45, 7) is -0.139. The molecule has 4 nitrogen and oxygen atoms in total. The maximum Gasteiger partial charge on any atom is 0.258 e. The lowest BCUT2D eigenvalue weighted by molar-refractivity contribution is -0.124. The number of benzene rings is 1. The van der Waals surface area contributed by atoms with Crippen LogP contribution in [-0.2, 0) is 4.79 Å². The fraction of sp³-hybridized carbons (Fsp3) is 0.533. The molecule has 2 bridgehead atoms. The van der Waals surface area contributed by atoms with Crippen LogP contribution in [0.2, 0.25) is 0 Å². The Morgan fingerprint density at radius 1 is 1.30 bits per heavy atom. The van der Waals surface area contributed by atoms with E-state index in [4.69, 9.17) is 4.74 Å². The first-order valence-electron chi connectivity index (χ1n) is 7.13. The topological polar surface area (TPSA) is 50.4 Å². The number of carbonyl (C=O) groups is 1. The van der Waals surface area contributed by atoms with E-state index in [-0.39, 0.29) is 24.3 Å². The Kier molecular flexibility index (Phi) is 3.87. The SMILES string of the molecule is O=C(COc1ccccc1F)NC1CC2CCC(C1)N2. The molecule has 1 amide bonds. The van der Waals surface area contributed by atoms with E-state index < -0.39 is 5.82 Å². The molecule has 2 saturated heterocycles. The minimum absolute atomic E-state index is 0.119. The number of carbonyl (C=O) groups excluding carboxylic acids is 1. The Bertz CT molecular complexity index is 483. The van der Waals surface area contributed by atoms with E-state index in [1.165, 1.54) is 25.0 Å². The van der Waals surface area contributed by atoms with E-state index in [1.807, 2.05) is 0 Å². The third-order valence-corrected chi connectivity index (χ3v) is 4.03. The van der Waals surface area contributed by atoms with E-state index >= 15 is 0 Å². The predicted molar refractivity (Wildman–Crippen MR) is 73.0 cm³/mol. The highest BCUT2D eigenvalue weighted by molar-refractivity contribution is 5.77. The van der Waals surface area contributed by atoms with Crippen molar-refractivity contribution < 1.29 is 13.9 Å². The average molecular weight is 278 g/mol. The van der Waals surface area contributed by atoms with Crippen LogP contribution in [0.4, 0.5) is 4.39 Å². The van der Waals surface area contributed by atoms with Crippen molar-refractivity contribution in [3.05, 3.63) is 30.1 Å². The van der Waals surface area contributed by atoms with Crippen molar-refractivity contribution in [2.45, 2.75) is 43.8 Å². The Morgan fingerprint density at radius 3 is 2.70 bits per heavy atom. The van der Waals surface area contributed by atoms with Crippen molar-refractivity contribution in [1.29, 1.82) is 0 Å². The van der Waals surface area contributed by atoms with Gasteiger partial charge in [-0.3, -0.25) is 4.79 Å². The number of piperidine rings is 1. The second-order valence-corrected chi connectivity index (χ2v) is 5.59. The van der Waals surface area contributed by atoms with Gasteiger partial charge in [-0.05, 0) is 37.8 Å². The summed E-state index contributed by atoms with van der Waals surface area (Å²) in [5.41, 5.74) is 0. The number of hydrogen-bond acceptors (Lipinski definition) is 3. The zero-order valence-corrected chi connectivity index (χ0v) is 11.3. The Morgan fingerprint density at radius 2 is 2.00 bits per heavy atom. The molecule has 1 aromatic rings. The van der Waals surface area contributed by atoms with E-state index in [2.05, 4.69) is 10.6 Å². The first kappa shape index (κ1) is 13.4. The van der Waals surface area contributed by atoms with Crippen LogP contribution in [0.3, 0.4) is 0 Å². The zero-order valence-electron chi connectivity index (χ0n) is 11.3. The molecule has 2 aliphatic rings. The van der Waals surface area contributed by atoms with Gasteiger partial charge in [0.15, 0.2) is 18.2 Å². The summed E-state index contributed by atoms with van der Waals surface area (Å²) in [5, 5.41) is 6.51.